The summed E-state index contributed by atoms with van der Waals surface area (Å²) in [6.07, 6.45) is 17.5. The molecule has 0 bridgehead atoms. The second-order valence-corrected chi connectivity index (χ2v) is 6.87. The van der Waals surface area contributed by atoms with Gasteiger partial charge in [0.05, 0.1) is 13.2 Å². The highest BCUT2D eigenvalue weighted by Crippen LogP contribution is 2.32. The summed E-state index contributed by atoms with van der Waals surface area (Å²) >= 11 is 0. The number of carbonyl (C=O) groups excluding carboxylic acids is 1. The van der Waals surface area contributed by atoms with Crippen molar-refractivity contribution in [3.63, 3.8) is 0 Å². The normalized spacial score (nSPS) is 20.8. The third-order valence-corrected chi connectivity index (χ3v) is 4.70. The zero-order valence-electron chi connectivity index (χ0n) is 16.5. The summed E-state index contributed by atoms with van der Waals surface area (Å²) in [5, 5.41) is 0. The molecule has 0 N–H and O–H groups in total. The van der Waals surface area contributed by atoms with E-state index in [2.05, 4.69) is 23.8 Å². The van der Waals surface area contributed by atoms with E-state index in [0.717, 1.165) is 25.9 Å². The van der Waals surface area contributed by atoms with E-state index >= 15 is 0 Å². The van der Waals surface area contributed by atoms with E-state index in [4.69, 9.17) is 9.47 Å². The van der Waals surface area contributed by atoms with Crippen LogP contribution in [0.3, 0.4) is 0 Å². The third-order valence-electron chi connectivity index (χ3n) is 4.70. The molecule has 1 heterocycles. The first-order valence-corrected chi connectivity index (χ1v) is 10.2. The van der Waals surface area contributed by atoms with Crippen LogP contribution in [0.25, 0.3) is 0 Å². The number of hydrogen-bond donors (Lipinski definition) is 0. The van der Waals surface area contributed by atoms with Crippen LogP contribution < -0.4 is 0 Å². The van der Waals surface area contributed by atoms with Gasteiger partial charge in [-0.25, -0.2) is 0 Å². The van der Waals surface area contributed by atoms with Crippen LogP contribution >= 0.6 is 0 Å². The number of rotatable bonds is 16. The molecule has 0 saturated carbocycles. The molecule has 1 aliphatic heterocycles. The molecule has 1 rings (SSSR count). The number of hydrogen-bond acceptors (Lipinski definition) is 4. The van der Waals surface area contributed by atoms with E-state index < -0.39 is 0 Å². The molecule has 1 saturated heterocycles. The van der Waals surface area contributed by atoms with Crippen LogP contribution in [0.15, 0.2) is 12.2 Å². The van der Waals surface area contributed by atoms with Gasteiger partial charge >= 0.3 is 5.97 Å². The molecule has 0 amide bonds. The lowest BCUT2D eigenvalue weighted by Crippen LogP contribution is -2.19. The quantitative estimate of drug-likeness (QED) is 0.165. The lowest BCUT2D eigenvalue weighted by molar-refractivity contribution is -0.140. The van der Waals surface area contributed by atoms with Crippen LogP contribution in [0.1, 0.15) is 84.5 Å². The average molecular weight is 355 g/mol. The predicted molar refractivity (Wildman–Crippen MR) is 102 cm³/mol. The van der Waals surface area contributed by atoms with Gasteiger partial charge in [-0.2, -0.15) is 0 Å². The molecule has 3 unspecified atom stereocenters. The maximum absolute atomic E-state index is 11.0. The Hall–Kier alpha value is -0.870. The van der Waals surface area contributed by atoms with E-state index in [-0.39, 0.29) is 18.2 Å². The first kappa shape index (κ1) is 22.2. The maximum Gasteiger partial charge on any atom is 0.305 e. The highest BCUT2D eigenvalue weighted by atomic mass is 16.6. The Balaban J connectivity index is 2.06. The van der Waals surface area contributed by atoms with E-state index in [1.807, 2.05) is 6.92 Å². The largest absolute Gasteiger partial charge is 0.469 e. The summed E-state index contributed by atoms with van der Waals surface area (Å²) in [7, 11) is 1.45. The Morgan fingerprint density at radius 3 is 2.56 bits per heavy atom. The minimum atomic E-state index is -0.0970. The SMILES string of the molecule is CCCCCC1OC1C(C=CCCCCCCCC(=O)OC)OCC. The lowest BCUT2D eigenvalue weighted by Gasteiger charge is -2.10. The van der Waals surface area contributed by atoms with Gasteiger partial charge in [0.1, 0.15) is 12.2 Å². The summed E-state index contributed by atoms with van der Waals surface area (Å²) in [6.45, 7) is 5.01. The number of allylic oxidation sites excluding steroid dienone is 1. The van der Waals surface area contributed by atoms with Crippen molar-refractivity contribution in [3.8, 4) is 0 Å². The Kier molecular flexibility index (Phi) is 12.7. The van der Waals surface area contributed by atoms with Crippen LogP contribution in [0, 0.1) is 0 Å². The van der Waals surface area contributed by atoms with Crippen molar-refractivity contribution >= 4 is 5.97 Å². The lowest BCUT2D eigenvalue weighted by atomic mass is 10.1. The fraction of sp³-hybridized carbons (Fsp3) is 0.857. The van der Waals surface area contributed by atoms with Gasteiger partial charge in [0.25, 0.3) is 0 Å². The predicted octanol–water partition coefficient (Wildman–Crippen LogP) is 5.20. The van der Waals surface area contributed by atoms with Crippen molar-refractivity contribution in [2.24, 2.45) is 0 Å². The summed E-state index contributed by atoms with van der Waals surface area (Å²) < 4.78 is 16.3. The maximum atomic E-state index is 11.0. The molecule has 0 aromatic carbocycles. The van der Waals surface area contributed by atoms with Crippen LogP contribution in [-0.4, -0.2) is 38.0 Å². The Labute approximate surface area is 154 Å². The number of carbonyl (C=O) groups is 1. The Bertz CT molecular complexity index is 367. The Morgan fingerprint density at radius 2 is 1.84 bits per heavy atom. The molecular formula is C21H38O4. The highest BCUT2D eigenvalue weighted by molar-refractivity contribution is 5.68. The summed E-state index contributed by atoms with van der Waals surface area (Å²) in [4.78, 5) is 11.0. The highest BCUT2D eigenvalue weighted by Gasteiger charge is 2.43. The van der Waals surface area contributed by atoms with Crippen LogP contribution in [0.4, 0.5) is 0 Å². The fourth-order valence-electron chi connectivity index (χ4n) is 3.12. The zero-order valence-corrected chi connectivity index (χ0v) is 16.5. The van der Waals surface area contributed by atoms with Gasteiger partial charge < -0.3 is 14.2 Å². The van der Waals surface area contributed by atoms with E-state index in [0.29, 0.717) is 12.5 Å². The molecule has 1 aliphatic rings. The van der Waals surface area contributed by atoms with Crippen molar-refractivity contribution in [1.29, 1.82) is 0 Å². The van der Waals surface area contributed by atoms with Crippen molar-refractivity contribution in [3.05, 3.63) is 12.2 Å². The molecular weight excluding hydrogens is 316 g/mol. The number of methoxy groups -OCH3 is 1. The molecule has 25 heavy (non-hydrogen) atoms. The van der Waals surface area contributed by atoms with Crippen molar-refractivity contribution in [2.75, 3.05) is 13.7 Å². The second kappa shape index (κ2) is 14.3. The van der Waals surface area contributed by atoms with Gasteiger partial charge in [-0.3, -0.25) is 4.79 Å². The topological polar surface area (TPSA) is 48.1 Å². The molecule has 4 nitrogen and oxygen atoms in total. The van der Waals surface area contributed by atoms with Gasteiger partial charge in [-0.1, -0.05) is 57.6 Å². The first-order valence-electron chi connectivity index (χ1n) is 10.2. The van der Waals surface area contributed by atoms with E-state index in [1.54, 1.807) is 0 Å². The fourth-order valence-corrected chi connectivity index (χ4v) is 3.12. The monoisotopic (exact) mass is 354 g/mol. The molecule has 146 valence electrons. The van der Waals surface area contributed by atoms with E-state index in [1.165, 1.54) is 52.1 Å². The molecule has 0 aromatic rings. The molecule has 0 spiro atoms. The van der Waals surface area contributed by atoms with Crippen LogP contribution in [0.2, 0.25) is 0 Å². The molecule has 0 radical (unpaired) electrons. The van der Waals surface area contributed by atoms with Crippen molar-refractivity contribution in [2.45, 2.75) is 103 Å². The smallest absolute Gasteiger partial charge is 0.305 e. The summed E-state index contributed by atoms with van der Waals surface area (Å²) in [5.74, 6) is -0.0970. The van der Waals surface area contributed by atoms with Gasteiger partial charge in [0.15, 0.2) is 0 Å². The number of ether oxygens (including phenoxy) is 3. The molecule has 4 heteroatoms. The molecule has 3 atom stereocenters. The van der Waals surface area contributed by atoms with Crippen molar-refractivity contribution < 1.29 is 19.0 Å². The number of esters is 1. The van der Waals surface area contributed by atoms with Crippen LogP contribution in [0.5, 0.6) is 0 Å². The number of unbranched alkanes of at least 4 members (excludes halogenated alkanes) is 7. The van der Waals surface area contributed by atoms with Crippen LogP contribution in [-0.2, 0) is 19.0 Å². The average Bonchev–Trinajstić information content (AvgIpc) is 3.38. The summed E-state index contributed by atoms with van der Waals surface area (Å²) in [5.41, 5.74) is 0. The van der Waals surface area contributed by atoms with Gasteiger partial charge in [-0.05, 0) is 32.6 Å². The van der Waals surface area contributed by atoms with E-state index in [9.17, 15) is 4.79 Å². The minimum absolute atomic E-state index is 0.0970. The van der Waals surface area contributed by atoms with Gasteiger partial charge in [0.2, 0.25) is 0 Å². The second-order valence-electron chi connectivity index (χ2n) is 6.87. The Morgan fingerprint density at radius 1 is 1.08 bits per heavy atom. The van der Waals surface area contributed by atoms with Gasteiger partial charge in [-0.15, -0.1) is 0 Å². The minimum Gasteiger partial charge on any atom is -0.469 e. The molecule has 0 aromatic heterocycles. The molecule has 0 aliphatic carbocycles. The van der Waals surface area contributed by atoms with Crippen molar-refractivity contribution in [1.82, 2.24) is 0 Å². The van der Waals surface area contributed by atoms with Gasteiger partial charge in [0, 0.05) is 13.0 Å². The standard InChI is InChI=1S/C21H38O4/c1-4-6-12-16-19-21(25-19)18(24-5-2)15-13-10-8-7-9-11-14-17-20(22)23-3/h13,15,18-19,21H,4-12,14,16-17H2,1-3H3. The third kappa shape index (κ3) is 10.7. The first-order chi connectivity index (χ1) is 12.2. The zero-order chi connectivity index (χ0) is 18.3. The number of epoxide rings is 1. The summed E-state index contributed by atoms with van der Waals surface area (Å²) in [6, 6.07) is 0. The molecule has 1 fully saturated rings.